The summed E-state index contributed by atoms with van der Waals surface area (Å²) in [4.78, 5) is 11.2. The van der Waals surface area contributed by atoms with Gasteiger partial charge < -0.3 is 9.94 Å². The fraction of sp³-hybridized carbons (Fsp3) is 0. The lowest BCUT2D eigenvalue weighted by atomic mass is 10.2. The van der Waals surface area contributed by atoms with Crippen molar-refractivity contribution >= 4 is 11.0 Å². The number of aromatic nitrogens is 2. The Morgan fingerprint density at radius 2 is 2.29 bits per heavy atom. The molecule has 0 aliphatic rings. The van der Waals surface area contributed by atoms with Gasteiger partial charge in [-0.1, -0.05) is 0 Å². The second-order valence-electron chi connectivity index (χ2n) is 2.77. The fourth-order valence-electron chi connectivity index (χ4n) is 1.24. The molecule has 5 heteroatoms. The summed E-state index contributed by atoms with van der Waals surface area (Å²) in [6, 6.07) is 6.24. The number of hydrogen-bond acceptors (Lipinski definition) is 3. The molecule has 0 saturated carbocycles. The summed E-state index contributed by atoms with van der Waals surface area (Å²) >= 11 is 0. The first-order chi connectivity index (χ1) is 6.72. The van der Waals surface area contributed by atoms with Crippen molar-refractivity contribution in [2.45, 2.75) is 0 Å². The van der Waals surface area contributed by atoms with Crippen LogP contribution in [0.15, 0.2) is 30.6 Å². The molecule has 0 aliphatic heterocycles. The zero-order valence-corrected chi connectivity index (χ0v) is 7.04. The number of hydrogen-bond donors (Lipinski definition) is 0. The van der Waals surface area contributed by atoms with E-state index in [4.69, 9.17) is 5.26 Å². The van der Waals surface area contributed by atoms with Crippen molar-refractivity contribution in [3.05, 3.63) is 46.3 Å². The van der Waals surface area contributed by atoms with Crippen molar-refractivity contribution in [2.24, 2.45) is 0 Å². The average molecular weight is 187 g/mol. The van der Waals surface area contributed by atoms with Gasteiger partial charge in [0.05, 0.1) is 22.3 Å². The Bertz CT molecular complexity index is 595. The summed E-state index contributed by atoms with van der Waals surface area (Å²) in [5.74, 6) is 0. The number of rotatable bonds is 0. The predicted molar refractivity (Wildman–Crippen MR) is 48.8 cm³/mol. The van der Waals surface area contributed by atoms with E-state index in [1.165, 1.54) is 18.2 Å². The molecule has 1 heterocycles. The molecule has 0 atom stereocenters. The Labute approximate surface area is 78.6 Å². The van der Waals surface area contributed by atoms with E-state index in [0.717, 1.165) is 12.4 Å². The van der Waals surface area contributed by atoms with Crippen LogP contribution >= 0.6 is 0 Å². The van der Waals surface area contributed by atoms with Crippen LogP contribution in [0.3, 0.4) is 0 Å². The molecule has 0 fully saturated rings. The smallest absolute Gasteiger partial charge is 0.286 e. The Balaban J connectivity index is 2.96. The molecule has 2 rings (SSSR count). The molecule has 0 aliphatic carbocycles. The van der Waals surface area contributed by atoms with Crippen molar-refractivity contribution in [1.29, 1.82) is 5.26 Å². The van der Waals surface area contributed by atoms with Gasteiger partial charge in [-0.15, -0.1) is 0 Å². The van der Waals surface area contributed by atoms with Crippen LogP contribution in [0.25, 0.3) is 11.0 Å². The van der Waals surface area contributed by atoms with Crippen LogP contribution in [0.2, 0.25) is 0 Å². The third-order valence-electron chi connectivity index (χ3n) is 1.92. The van der Waals surface area contributed by atoms with Crippen molar-refractivity contribution in [3.8, 4) is 6.07 Å². The van der Waals surface area contributed by atoms with Crippen molar-refractivity contribution in [1.82, 2.24) is 4.73 Å². The summed E-state index contributed by atoms with van der Waals surface area (Å²) in [5.41, 5.74) is 0.802. The first kappa shape index (κ1) is 8.26. The van der Waals surface area contributed by atoms with E-state index in [1.807, 2.05) is 6.07 Å². The first-order valence-electron chi connectivity index (χ1n) is 3.87. The molecule has 14 heavy (non-hydrogen) atoms. The lowest BCUT2D eigenvalue weighted by molar-refractivity contribution is -0.464. The van der Waals surface area contributed by atoms with E-state index >= 15 is 0 Å². The highest BCUT2D eigenvalue weighted by atomic mass is 16.5. The predicted octanol–water partition coefficient (Wildman–Crippen LogP) is 0.773. The Morgan fingerprint density at radius 3 is 3.00 bits per heavy atom. The molecule has 2 aromatic rings. The van der Waals surface area contributed by atoms with Crippen LogP contribution in [-0.4, -0.2) is 4.73 Å². The number of nitriles is 1. The zero-order chi connectivity index (χ0) is 10.1. The summed E-state index contributed by atoms with van der Waals surface area (Å²) in [6.07, 6.45) is 2.23. The second-order valence-corrected chi connectivity index (χ2v) is 2.77. The quantitative estimate of drug-likeness (QED) is 0.571. The zero-order valence-electron chi connectivity index (χ0n) is 7.04. The average Bonchev–Trinajstić information content (AvgIpc) is 2.23. The molecule has 0 unspecified atom stereocenters. The van der Waals surface area contributed by atoms with Gasteiger partial charge >= 0.3 is 0 Å². The van der Waals surface area contributed by atoms with Gasteiger partial charge in [0.15, 0.2) is 0 Å². The Morgan fingerprint density at radius 1 is 1.50 bits per heavy atom. The molecule has 0 saturated heterocycles. The molecule has 0 N–H and O–H groups in total. The maximum absolute atomic E-state index is 11.3. The van der Waals surface area contributed by atoms with Gasteiger partial charge in [-0.3, -0.25) is 0 Å². The Hall–Kier alpha value is -2.35. The number of benzene rings is 1. The van der Waals surface area contributed by atoms with Gasteiger partial charge in [0.2, 0.25) is 6.20 Å². The van der Waals surface area contributed by atoms with E-state index in [-0.39, 0.29) is 11.0 Å². The van der Waals surface area contributed by atoms with E-state index in [9.17, 15) is 10.1 Å². The third-order valence-corrected chi connectivity index (χ3v) is 1.92. The van der Waals surface area contributed by atoms with Crippen LogP contribution in [-0.2, 0) is 0 Å². The van der Waals surface area contributed by atoms with E-state index < -0.39 is 0 Å². The number of nitrogens with zero attached hydrogens (tertiary/aromatic N) is 3. The molecular formula is C9H5N3O2. The molecule has 1 aromatic heterocycles. The van der Waals surface area contributed by atoms with E-state index in [2.05, 4.69) is 0 Å². The summed E-state index contributed by atoms with van der Waals surface area (Å²) in [5, 5.41) is 19.9. The molecule has 0 amide bonds. The number of fused-ring (bicyclic) bond motifs is 1. The van der Waals surface area contributed by atoms with Gasteiger partial charge in [-0.05, 0) is 12.1 Å². The maximum Gasteiger partial charge on any atom is 0.286 e. The highest BCUT2D eigenvalue weighted by Crippen LogP contribution is 2.10. The van der Waals surface area contributed by atoms with Crippen LogP contribution in [0.5, 0.6) is 0 Å². The van der Waals surface area contributed by atoms with Gasteiger partial charge in [-0.2, -0.15) is 5.26 Å². The summed E-state index contributed by atoms with van der Waals surface area (Å²) in [6.45, 7) is 0. The lowest BCUT2D eigenvalue weighted by Gasteiger charge is -2.09. The summed E-state index contributed by atoms with van der Waals surface area (Å²) < 4.78 is 1.15. The maximum atomic E-state index is 11.3. The van der Waals surface area contributed by atoms with Crippen molar-refractivity contribution in [2.75, 3.05) is 0 Å². The molecule has 68 valence electrons. The van der Waals surface area contributed by atoms with E-state index in [1.54, 1.807) is 0 Å². The minimum atomic E-state index is 0.196. The van der Waals surface area contributed by atoms with Gasteiger partial charge in [-0.25, -0.2) is 0 Å². The SMILES string of the molecule is N#Cc1ccc2c(c1)n([O-])cc[n+]2=O. The lowest BCUT2D eigenvalue weighted by Crippen LogP contribution is -2.16. The first-order valence-corrected chi connectivity index (χ1v) is 3.87. The standard InChI is InChI=1S/C9H5N3O2/c10-6-7-1-2-8-9(5-7)12(14)4-3-11(8)13/h1-5H. The fourth-order valence-corrected chi connectivity index (χ4v) is 1.24. The van der Waals surface area contributed by atoms with Crippen LogP contribution in [0, 0.1) is 21.4 Å². The minimum absolute atomic E-state index is 0.196. The molecule has 1 aromatic carbocycles. The monoisotopic (exact) mass is 187 g/mol. The van der Waals surface area contributed by atoms with Gasteiger partial charge in [0.1, 0.15) is 5.52 Å². The van der Waals surface area contributed by atoms with Crippen LogP contribution in [0.1, 0.15) is 5.56 Å². The summed E-state index contributed by atoms with van der Waals surface area (Å²) in [7, 11) is 0. The topological polar surface area (TPSA) is 74.8 Å². The van der Waals surface area contributed by atoms with Crippen molar-refractivity contribution in [3.63, 3.8) is 0 Å². The highest BCUT2D eigenvalue weighted by molar-refractivity contribution is 5.73. The van der Waals surface area contributed by atoms with E-state index in [0.29, 0.717) is 14.7 Å². The van der Waals surface area contributed by atoms with Crippen LogP contribution < -0.4 is 4.43 Å². The van der Waals surface area contributed by atoms with Gasteiger partial charge in [0.25, 0.3) is 5.52 Å². The second kappa shape index (κ2) is 2.85. The largest absolute Gasteiger partial charge is 0.805 e. The molecule has 0 spiro atoms. The van der Waals surface area contributed by atoms with Gasteiger partial charge in [0, 0.05) is 11.0 Å². The van der Waals surface area contributed by atoms with Crippen LogP contribution in [0.4, 0.5) is 0 Å². The third kappa shape index (κ3) is 1.10. The molecule has 0 bridgehead atoms. The van der Waals surface area contributed by atoms with Crippen molar-refractivity contribution < 1.29 is 4.43 Å². The normalized spacial score (nSPS) is 9.93. The molecule has 0 radical (unpaired) electrons. The molecular weight excluding hydrogens is 182 g/mol. The minimum Gasteiger partial charge on any atom is -0.805 e. The highest BCUT2D eigenvalue weighted by Gasteiger charge is 2.06. The molecule has 5 nitrogen and oxygen atoms in total. The Kier molecular flexibility index (Phi) is 1.68.